The maximum absolute atomic E-state index is 5.65. The van der Waals surface area contributed by atoms with E-state index in [1.54, 1.807) is 0 Å². The summed E-state index contributed by atoms with van der Waals surface area (Å²) in [5, 5.41) is 0. The van der Waals surface area contributed by atoms with Crippen LogP contribution < -0.4 is 4.75 Å². The van der Waals surface area contributed by atoms with E-state index in [4.69, 9.17) is 4.41 Å². The number of nitrogens with one attached hydrogen (secondary N) is 1. The second kappa shape index (κ2) is 7.10. The minimum Gasteiger partial charge on any atom is -0.313 e. The Labute approximate surface area is 145 Å². The van der Waals surface area contributed by atoms with Crippen LogP contribution in [0.4, 0.5) is 0 Å². The van der Waals surface area contributed by atoms with Crippen LogP contribution in [0.25, 0.3) is 0 Å². The molecule has 22 heavy (non-hydrogen) atoms. The smallest absolute Gasteiger partial charge is 0.173 e. The van der Waals surface area contributed by atoms with E-state index in [2.05, 4.69) is 94.2 Å². The van der Waals surface area contributed by atoms with Crippen molar-refractivity contribution in [1.29, 1.82) is 0 Å². The maximum Gasteiger partial charge on any atom is 0.173 e. The Kier molecular flexibility index (Phi) is 7.43. The van der Waals surface area contributed by atoms with Crippen molar-refractivity contribution in [1.82, 2.24) is 8.75 Å². The molecule has 1 atom stereocenters. The lowest BCUT2D eigenvalue weighted by Gasteiger charge is -2.54. The molecule has 0 aliphatic carbocycles. The van der Waals surface area contributed by atoms with Crippen molar-refractivity contribution in [3.63, 3.8) is 0 Å². The quantitative estimate of drug-likeness (QED) is 0.406. The van der Waals surface area contributed by atoms with Crippen molar-refractivity contribution in [3.05, 3.63) is 0 Å². The first-order chi connectivity index (χ1) is 9.34. The molecule has 1 N–H and O–H groups in total. The van der Waals surface area contributed by atoms with Crippen molar-refractivity contribution < 1.29 is 0 Å². The number of hydrogen-bond acceptors (Lipinski definition) is 1. The van der Waals surface area contributed by atoms with E-state index in [1.165, 1.54) is 6.16 Å². The molecule has 1 unspecified atom stereocenters. The van der Waals surface area contributed by atoms with E-state index in [-0.39, 0.29) is 0 Å². The van der Waals surface area contributed by atoms with Gasteiger partial charge in [-0.25, -0.2) is 0 Å². The molecule has 0 bridgehead atoms. The summed E-state index contributed by atoms with van der Waals surface area (Å²) in [5.41, 5.74) is 0. The average Bonchev–Trinajstić information content (AvgIpc) is 2.05. The zero-order chi connectivity index (χ0) is 18.2. The summed E-state index contributed by atoms with van der Waals surface area (Å²) in [7, 11) is -7.41. The highest BCUT2D eigenvalue weighted by Gasteiger charge is 2.45. The second-order valence-corrected chi connectivity index (χ2v) is 34.1. The first-order valence-corrected chi connectivity index (χ1v) is 24.3. The summed E-state index contributed by atoms with van der Waals surface area (Å²) >= 11 is 0. The van der Waals surface area contributed by atoms with E-state index in [9.17, 15) is 0 Å². The van der Waals surface area contributed by atoms with Crippen molar-refractivity contribution in [2.24, 2.45) is 4.41 Å². The molecule has 0 aromatic rings. The first-order valence-electron chi connectivity index (χ1n) is 8.57. The highest BCUT2D eigenvalue weighted by Crippen LogP contribution is 2.56. The SMILES string of the molecule is CCP(=N[Si](C)(C)C)(N[Si](C)(C)C)N([Si](C)(C)C)[Si](C)(C)C. The normalized spacial score (nSPS) is 17.5. The highest BCUT2D eigenvalue weighted by molar-refractivity contribution is 7.69. The van der Waals surface area contributed by atoms with Gasteiger partial charge in [-0.05, 0) is 19.6 Å². The molecule has 0 saturated carbocycles. The molecule has 8 heteroatoms. The molecule has 0 aliphatic rings. The largest absolute Gasteiger partial charge is 0.313 e. The Hall–Kier alpha value is 1.02. The van der Waals surface area contributed by atoms with Crippen molar-refractivity contribution in [2.75, 3.05) is 6.16 Å². The summed E-state index contributed by atoms with van der Waals surface area (Å²) in [6.45, 7) is 32.0. The van der Waals surface area contributed by atoms with Gasteiger partial charge in [0.1, 0.15) is 24.7 Å². The van der Waals surface area contributed by atoms with Gasteiger partial charge in [0.2, 0.25) is 0 Å². The summed E-state index contributed by atoms with van der Waals surface area (Å²) in [6.07, 6.45) is 1.18. The van der Waals surface area contributed by atoms with E-state index in [0.717, 1.165) is 0 Å². The molecule has 0 amide bonds. The Morgan fingerprint density at radius 1 is 0.773 bits per heavy atom. The zero-order valence-corrected chi connectivity index (χ0v) is 22.4. The van der Waals surface area contributed by atoms with Crippen LogP contribution in [0.5, 0.6) is 0 Å². The fraction of sp³-hybridized carbons (Fsp3) is 1.00. The van der Waals surface area contributed by atoms with E-state index in [1.807, 2.05) is 0 Å². The van der Waals surface area contributed by atoms with Gasteiger partial charge in [0.25, 0.3) is 0 Å². The highest BCUT2D eigenvalue weighted by atomic mass is 31.2. The third-order valence-corrected chi connectivity index (χ3v) is 24.6. The molecule has 0 aliphatic heterocycles. The van der Waals surface area contributed by atoms with Gasteiger partial charge < -0.3 is 8.41 Å². The Morgan fingerprint density at radius 2 is 1.14 bits per heavy atom. The summed E-state index contributed by atoms with van der Waals surface area (Å²) in [4.78, 5) is 0. The summed E-state index contributed by atoms with van der Waals surface area (Å²) in [5.74, 6) is 0. The van der Waals surface area contributed by atoms with Crippen molar-refractivity contribution in [2.45, 2.75) is 85.5 Å². The topological polar surface area (TPSA) is 27.6 Å². The van der Waals surface area contributed by atoms with Gasteiger partial charge in [0, 0.05) is 6.16 Å². The standard InChI is InChI=1S/C14H42N3PSi4/c1-14-18(15-19(2,3)4,16-20(5,6)7)17(21(8,9)10)22(11,12)13/h15H,14H2,1-13H3. The predicted octanol–water partition coefficient (Wildman–Crippen LogP) is 6.27. The minimum absolute atomic E-state index is 1.18. The van der Waals surface area contributed by atoms with Gasteiger partial charge in [-0.3, -0.25) is 4.75 Å². The van der Waals surface area contributed by atoms with Gasteiger partial charge in [-0.15, -0.1) is 0 Å². The van der Waals surface area contributed by atoms with E-state index >= 15 is 0 Å². The van der Waals surface area contributed by atoms with Crippen LogP contribution in [0, 0.1) is 0 Å². The minimum atomic E-state index is -1.62. The maximum atomic E-state index is 5.65. The van der Waals surface area contributed by atoms with Crippen LogP contribution in [-0.4, -0.2) is 43.1 Å². The fourth-order valence-electron chi connectivity index (χ4n) is 3.44. The van der Waals surface area contributed by atoms with Gasteiger partial charge in [0.05, 0.1) is 7.36 Å². The molecule has 0 saturated heterocycles. The first kappa shape index (κ1) is 23.0. The number of hydrogen-bond donors (Lipinski definition) is 1. The van der Waals surface area contributed by atoms with Crippen LogP contribution in [0.2, 0.25) is 78.6 Å². The van der Waals surface area contributed by atoms with Crippen LogP contribution in [0.1, 0.15) is 6.92 Å². The molecule has 0 radical (unpaired) electrons. The molecule has 0 aromatic carbocycles. The van der Waals surface area contributed by atoms with Crippen LogP contribution in [0.15, 0.2) is 4.41 Å². The molecular formula is C14H42N3PSi4. The lowest BCUT2D eigenvalue weighted by molar-refractivity contribution is 0.929. The molecule has 3 nitrogen and oxygen atoms in total. The molecular weight excluding hydrogens is 353 g/mol. The van der Waals surface area contributed by atoms with Crippen molar-refractivity contribution >= 4 is 40.3 Å². The zero-order valence-electron chi connectivity index (χ0n) is 17.5. The Balaban J connectivity index is 6.55. The van der Waals surface area contributed by atoms with Crippen LogP contribution in [0.3, 0.4) is 0 Å². The molecule has 134 valence electrons. The summed E-state index contributed by atoms with van der Waals surface area (Å²) < 4.78 is 12.9. The molecule has 0 rings (SSSR count). The van der Waals surface area contributed by atoms with Gasteiger partial charge in [0.15, 0.2) is 8.24 Å². The lowest BCUT2D eigenvalue weighted by atomic mass is 11.0. The van der Waals surface area contributed by atoms with Crippen LogP contribution in [-0.2, 0) is 0 Å². The lowest BCUT2D eigenvalue weighted by Crippen LogP contribution is -2.61. The molecule has 0 aromatic heterocycles. The summed E-state index contributed by atoms with van der Waals surface area (Å²) in [6, 6.07) is 0. The van der Waals surface area contributed by atoms with E-state index < -0.39 is 40.3 Å². The Morgan fingerprint density at radius 3 is 1.32 bits per heavy atom. The third-order valence-electron chi connectivity index (χ3n) is 3.02. The van der Waals surface area contributed by atoms with Gasteiger partial charge in [-0.1, -0.05) is 65.8 Å². The third kappa shape index (κ3) is 7.28. The monoisotopic (exact) mass is 395 g/mol. The fourth-order valence-corrected chi connectivity index (χ4v) is 33.1. The second-order valence-electron chi connectivity index (χ2n) is 10.3. The number of rotatable bonds is 7. The van der Waals surface area contributed by atoms with Crippen molar-refractivity contribution in [3.8, 4) is 0 Å². The Bertz CT molecular complexity index is 411. The molecule has 0 spiro atoms. The van der Waals surface area contributed by atoms with E-state index in [0.29, 0.717) is 0 Å². The predicted molar refractivity (Wildman–Crippen MR) is 118 cm³/mol. The molecule has 0 heterocycles. The van der Waals surface area contributed by atoms with Gasteiger partial charge in [-0.2, -0.15) is 0 Å². The van der Waals surface area contributed by atoms with Crippen LogP contribution >= 0.6 is 7.36 Å². The number of nitrogens with zero attached hydrogens (tertiary/aromatic N) is 2. The van der Waals surface area contributed by atoms with Gasteiger partial charge >= 0.3 is 0 Å². The molecule has 0 fully saturated rings. The average molecular weight is 396 g/mol.